The topological polar surface area (TPSA) is 55.4 Å². The number of nitrogens with one attached hydrogen (secondary N) is 1. The zero-order chi connectivity index (χ0) is 16.2. The van der Waals surface area contributed by atoms with Gasteiger partial charge in [-0.3, -0.25) is 4.79 Å². The van der Waals surface area contributed by atoms with Crippen LogP contribution in [0.4, 0.5) is 0 Å². The largest absolute Gasteiger partial charge is 0.458 e. The standard InChI is InChI=1S/C17H25NO3/c1-11(2)14(16(20)21-17(4,5)6)18-15(19)13-10-8-7-9-12(13)3/h7-11,14H,1-6H3,(H,18,19)/t14-/m0/s1. The number of hydrogen-bond acceptors (Lipinski definition) is 3. The minimum absolute atomic E-state index is 0.0483. The minimum atomic E-state index is -0.656. The lowest BCUT2D eigenvalue weighted by Crippen LogP contribution is -2.47. The monoisotopic (exact) mass is 291 g/mol. The lowest BCUT2D eigenvalue weighted by atomic mass is 10.0. The number of benzene rings is 1. The van der Waals surface area contributed by atoms with Crippen molar-refractivity contribution < 1.29 is 14.3 Å². The van der Waals surface area contributed by atoms with Crippen LogP contribution in [0.25, 0.3) is 0 Å². The Morgan fingerprint density at radius 3 is 2.19 bits per heavy atom. The normalized spacial score (nSPS) is 12.9. The zero-order valence-corrected chi connectivity index (χ0v) is 13.7. The highest BCUT2D eigenvalue weighted by Crippen LogP contribution is 2.14. The molecular weight excluding hydrogens is 266 g/mol. The average molecular weight is 291 g/mol. The van der Waals surface area contributed by atoms with Crippen molar-refractivity contribution in [3.8, 4) is 0 Å². The second kappa shape index (κ2) is 6.74. The maximum absolute atomic E-state index is 12.3. The van der Waals surface area contributed by atoms with Crippen molar-refractivity contribution >= 4 is 11.9 Å². The highest BCUT2D eigenvalue weighted by atomic mass is 16.6. The smallest absolute Gasteiger partial charge is 0.329 e. The van der Waals surface area contributed by atoms with E-state index in [1.165, 1.54) is 0 Å². The van der Waals surface area contributed by atoms with Crippen molar-refractivity contribution in [3.05, 3.63) is 35.4 Å². The van der Waals surface area contributed by atoms with Crippen LogP contribution in [0.1, 0.15) is 50.5 Å². The Balaban J connectivity index is 2.87. The van der Waals surface area contributed by atoms with Crippen LogP contribution >= 0.6 is 0 Å². The maximum Gasteiger partial charge on any atom is 0.329 e. The fourth-order valence-electron chi connectivity index (χ4n) is 1.91. The van der Waals surface area contributed by atoms with E-state index in [9.17, 15) is 9.59 Å². The summed E-state index contributed by atoms with van der Waals surface area (Å²) in [6, 6.07) is 6.64. The number of carbonyl (C=O) groups is 2. The van der Waals surface area contributed by atoms with Gasteiger partial charge in [0.25, 0.3) is 5.91 Å². The van der Waals surface area contributed by atoms with Gasteiger partial charge in [0.15, 0.2) is 0 Å². The fourth-order valence-corrected chi connectivity index (χ4v) is 1.91. The SMILES string of the molecule is Cc1ccccc1C(=O)N[C@H](C(=O)OC(C)(C)C)C(C)C. The summed E-state index contributed by atoms with van der Waals surface area (Å²) in [4.78, 5) is 24.5. The second-order valence-corrected chi connectivity index (χ2v) is 6.54. The third kappa shape index (κ3) is 5.21. The third-order valence-corrected chi connectivity index (χ3v) is 3.00. The van der Waals surface area contributed by atoms with Gasteiger partial charge in [-0.1, -0.05) is 32.0 Å². The molecule has 0 bridgehead atoms. The van der Waals surface area contributed by atoms with E-state index >= 15 is 0 Å². The Kier molecular flexibility index (Phi) is 5.53. The number of carbonyl (C=O) groups excluding carboxylic acids is 2. The van der Waals surface area contributed by atoms with Gasteiger partial charge >= 0.3 is 5.97 Å². The van der Waals surface area contributed by atoms with E-state index in [0.29, 0.717) is 5.56 Å². The molecule has 0 saturated heterocycles. The van der Waals surface area contributed by atoms with Crippen LogP contribution in [-0.2, 0) is 9.53 Å². The summed E-state index contributed by atoms with van der Waals surface area (Å²) in [5, 5.41) is 2.78. The second-order valence-electron chi connectivity index (χ2n) is 6.54. The average Bonchev–Trinajstić information content (AvgIpc) is 2.33. The van der Waals surface area contributed by atoms with Gasteiger partial charge in [-0.15, -0.1) is 0 Å². The number of ether oxygens (including phenoxy) is 1. The lowest BCUT2D eigenvalue weighted by molar-refractivity contribution is -0.158. The van der Waals surface area contributed by atoms with Gasteiger partial charge in [0.05, 0.1) is 0 Å². The number of esters is 1. The first kappa shape index (κ1) is 17.2. The molecule has 0 aliphatic heterocycles. The number of hydrogen-bond donors (Lipinski definition) is 1. The first-order chi connectivity index (χ1) is 9.61. The molecular formula is C17H25NO3. The van der Waals surface area contributed by atoms with Gasteiger partial charge in [-0.2, -0.15) is 0 Å². The number of amides is 1. The van der Waals surface area contributed by atoms with E-state index in [1.54, 1.807) is 12.1 Å². The Labute approximate surface area is 126 Å². The van der Waals surface area contributed by atoms with Crippen molar-refractivity contribution in [2.24, 2.45) is 5.92 Å². The summed E-state index contributed by atoms with van der Waals surface area (Å²) < 4.78 is 5.37. The molecule has 1 aromatic rings. The molecule has 0 spiro atoms. The molecule has 21 heavy (non-hydrogen) atoms. The predicted octanol–water partition coefficient (Wildman–Crippen LogP) is 3.09. The molecule has 1 rings (SSSR count). The Bertz CT molecular complexity index is 515. The zero-order valence-electron chi connectivity index (χ0n) is 13.7. The molecule has 0 fully saturated rings. The van der Waals surface area contributed by atoms with E-state index in [0.717, 1.165) is 5.56 Å². The molecule has 0 radical (unpaired) electrons. The van der Waals surface area contributed by atoms with E-state index in [2.05, 4.69) is 5.32 Å². The van der Waals surface area contributed by atoms with Crippen LogP contribution in [0, 0.1) is 12.8 Å². The van der Waals surface area contributed by atoms with Gasteiger partial charge in [0.1, 0.15) is 11.6 Å². The maximum atomic E-state index is 12.3. The molecule has 0 saturated carbocycles. The van der Waals surface area contributed by atoms with Crippen LogP contribution < -0.4 is 5.32 Å². The number of aryl methyl sites for hydroxylation is 1. The lowest BCUT2D eigenvalue weighted by Gasteiger charge is -2.26. The van der Waals surface area contributed by atoms with Crippen LogP contribution in [-0.4, -0.2) is 23.5 Å². The van der Waals surface area contributed by atoms with Crippen LogP contribution in [0.3, 0.4) is 0 Å². The molecule has 1 N–H and O–H groups in total. The van der Waals surface area contributed by atoms with Crippen LogP contribution in [0.5, 0.6) is 0 Å². The van der Waals surface area contributed by atoms with E-state index in [4.69, 9.17) is 4.74 Å². The van der Waals surface area contributed by atoms with E-state index in [1.807, 2.05) is 53.7 Å². The van der Waals surface area contributed by atoms with Crippen molar-refractivity contribution in [2.45, 2.75) is 53.2 Å². The Hall–Kier alpha value is -1.84. The van der Waals surface area contributed by atoms with E-state index in [-0.39, 0.29) is 11.8 Å². The van der Waals surface area contributed by atoms with E-state index < -0.39 is 17.6 Å². The molecule has 4 nitrogen and oxygen atoms in total. The van der Waals surface area contributed by atoms with Gasteiger partial charge < -0.3 is 10.1 Å². The van der Waals surface area contributed by atoms with Crippen molar-refractivity contribution in [1.29, 1.82) is 0 Å². The summed E-state index contributed by atoms with van der Waals surface area (Å²) in [6.07, 6.45) is 0. The summed E-state index contributed by atoms with van der Waals surface area (Å²) in [6.45, 7) is 11.1. The Morgan fingerprint density at radius 1 is 1.14 bits per heavy atom. The number of rotatable bonds is 4. The molecule has 0 heterocycles. The van der Waals surface area contributed by atoms with Crippen molar-refractivity contribution in [1.82, 2.24) is 5.32 Å². The molecule has 116 valence electrons. The molecule has 1 atom stereocenters. The van der Waals surface area contributed by atoms with Crippen LogP contribution in [0.15, 0.2) is 24.3 Å². The molecule has 1 amide bonds. The summed E-state index contributed by atoms with van der Waals surface area (Å²) in [5.74, 6) is -0.704. The highest BCUT2D eigenvalue weighted by molar-refractivity contribution is 5.98. The van der Waals surface area contributed by atoms with Crippen molar-refractivity contribution in [2.75, 3.05) is 0 Å². The van der Waals surface area contributed by atoms with Gasteiger partial charge in [0.2, 0.25) is 0 Å². The minimum Gasteiger partial charge on any atom is -0.458 e. The quantitative estimate of drug-likeness (QED) is 0.867. The fraction of sp³-hybridized carbons (Fsp3) is 0.529. The summed E-state index contributed by atoms with van der Waals surface area (Å²) >= 11 is 0. The molecule has 1 aromatic carbocycles. The van der Waals surface area contributed by atoms with Gasteiger partial charge in [-0.05, 0) is 45.2 Å². The third-order valence-electron chi connectivity index (χ3n) is 3.00. The highest BCUT2D eigenvalue weighted by Gasteiger charge is 2.29. The first-order valence-corrected chi connectivity index (χ1v) is 7.21. The van der Waals surface area contributed by atoms with Gasteiger partial charge in [0, 0.05) is 5.56 Å². The van der Waals surface area contributed by atoms with Gasteiger partial charge in [-0.25, -0.2) is 4.79 Å². The molecule has 0 aliphatic rings. The molecule has 0 aliphatic carbocycles. The van der Waals surface area contributed by atoms with Crippen LogP contribution in [0.2, 0.25) is 0 Å². The molecule has 0 unspecified atom stereocenters. The molecule has 4 heteroatoms. The Morgan fingerprint density at radius 2 is 1.71 bits per heavy atom. The predicted molar refractivity (Wildman–Crippen MR) is 83.1 cm³/mol. The first-order valence-electron chi connectivity index (χ1n) is 7.21. The molecule has 0 aromatic heterocycles. The summed E-state index contributed by atoms with van der Waals surface area (Å²) in [5.41, 5.74) is 0.880. The summed E-state index contributed by atoms with van der Waals surface area (Å²) in [7, 11) is 0. The van der Waals surface area contributed by atoms with Crippen molar-refractivity contribution in [3.63, 3.8) is 0 Å².